The standard InChI is InChI=1S/C11H11NO5S/c1-3-18(15)17-16-12-10(13)8-5-4-7(2)6-9(8)11(12)14/h4-6H,3H2,1-2H3. The maximum absolute atomic E-state index is 11.9. The predicted octanol–water partition coefficient (Wildman–Crippen LogP) is 1.14. The third-order valence-electron chi connectivity index (χ3n) is 2.42. The molecule has 7 heteroatoms. The summed E-state index contributed by atoms with van der Waals surface area (Å²) in [5, 5.41) is 0.470. The van der Waals surface area contributed by atoms with Crippen LogP contribution in [0.3, 0.4) is 0 Å². The fourth-order valence-corrected chi connectivity index (χ4v) is 1.74. The van der Waals surface area contributed by atoms with Crippen LogP contribution < -0.4 is 0 Å². The molecule has 1 heterocycles. The molecule has 1 aliphatic rings. The largest absolute Gasteiger partial charge is 0.288 e. The first kappa shape index (κ1) is 12.9. The number of carbonyl (C=O) groups is 2. The number of nitrogens with zero attached hydrogens (tertiary/aromatic N) is 1. The number of hydrogen-bond donors (Lipinski definition) is 0. The molecule has 0 spiro atoms. The second-order valence-electron chi connectivity index (χ2n) is 3.69. The van der Waals surface area contributed by atoms with Gasteiger partial charge in [0, 0.05) is 5.75 Å². The maximum Gasteiger partial charge on any atom is 0.288 e. The number of imide groups is 1. The lowest BCUT2D eigenvalue weighted by Crippen LogP contribution is -2.30. The van der Waals surface area contributed by atoms with Gasteiger partial charge in [-0.25, -0.2) is 4.21 Å². The highest BCUT2D eigenvalue weighted by molar-refractivity contribution is 7.80. The Balaban J connectivity index is 2.21. The van der Waals surface area contributed by atoms with Gasteiger partial charge in [0.25, 0.3) is 11.8 Å². The smallest absolute Gasteiger partial charge is 0.266 e. The third kappa shape index (κ3) is 2.20. The molecule has 1 aromatic carbocycles. The van der Waals surface area contributed by atoms with Crippen LogP contribution in [0.4, 0.5) is 0 Å². The van der Waals surface area contributed by atoms with Gasteiger partial charge in [0.2, 0.25) is 0 Å². The second-order valence-corrected chi connectivity index (χ2v) is 5.01. The van der Waals surface area contributed by atoms with Crippen LogP contribution in [-0.4, -0.2) is 26.8 Å². The SMILES string of the molecule is CCS(=O)OON1C(=O)c2ccc(C)cc2C1=O. The molecule has 0 N–H and O–H groups in total. The van der Waals surface area contributed by atoms with Gasteiger partial charge in [-0.1, -0.05) is 23.5 Å². The van der Waals surface area contributed by atoms with E-state index in [0.717, 1.165) is 5.56 Å². The van der Waals surface area contributed by atoms with Crippen molar-refractivity contribution in [3.05, 3.63) is 34.9 Å². The molecule has 0 bridgehead atoms. The van der Waals surface area contributed by atoms with Crippen LogP contribution in [0.5, 0.6) is 0 Å². The highest BCUT2D eigenvalue weighted by Gasteiger charge is 2.38. The van der Waals surface area contributed by atoms with Crippen molar-refractivity contribution in [3.63, 3.8) is 0 Å². The molecule has 18 heavy (non-hydrogen) atoms. The number of fused-ring (bicyclic) bond motifs is 1. The average Bonchev–Trinajstić information content (AvgIpc) is 2.59. The molecule has 1 unspecified atom stereocenters. The molecular weight excluding hydrogens is 258 g/mol. The van der Waals surface area contributed by atoms with Crippen molar-refractivity contribution in [2.75, 3.05) is 5.75 Å². The molecule has 0 radical (unpaired) electrons. The Morgan fingerprint density at radius 1 is 1.22 bits per heavy atom. The van der Waals surface area contributed by atoms with Gasteiger partial charge in [0.15, 0.2) is 11.1 Å². The summed E-state index contributed by atoms with van der Waals surface area (Å²) in [5.74, 6) is -1.04. The summed E-state index contributed by atoms with van der Waals surface area (Å²) in [4.78, 5) is 28.2. The van der Waals surface area contributed by atoms with E-state index in [-0.39, 0.29) is 16.9 Å². The Kier molecular flexibility index (Phi) is 3.55. The van der Waals surface area contributed by atoms with Crippen LogP contribution in [0, 0.1) is 6.92 Å². The van der Waals surface area contributed by atoms with Gasteiger partial charge in [-0.05, 0) is 19.1 Å². The molecule has 0 aromatic heterocycles. The van der Waals surface area contributed by atoms with Gasteiger partial charge in [0.05, 0.1) is 11.1 Å². The molecule has 0 fully saturated rings. The first-order valence-corrected chi connectivity index (χ1v) is 6.52. The first-order chi connectivity index (χ1) is 8.54. The topological polar surface area (TPSA) is 72.9 Å². The summed E-state index contributed by atoms with van der Waals surface area (Å²) < 4.78 is 15.5. The lowest BCUT2D eigenvalue weighted by Gasteiger charge is -2.09. The molecule has 1 atom stereocenters. The van der Waals surface area contributed by atoms with Crippen LogP contribution in [0.1, 0.15) is 33.2 Å². The van der Waals surface area contributed by atoms with Crippen molar-refractivity contribution >= 4 is 22.9 Å². The number of amides is 2. The lowest BCUT2D eigenvalue weighted by atomic mass is 10.1. The van der Waals surface area contributed by atoms with Gasteiger partial charge in [-0.3, -0.25) is 9.59 Å². The first-order valence-electron chi connectivity index (χ1n) is 5.27. The van der Waals surface area contributed by atoms with Crippen LogP contribution in [0.25, 0.3) is 0 Å². The van der Waals surface area contributed by atoms with Gasteiger partial charge in [0.1, 0.15) is 0 Å². The van der Waals surface area contributed by atoms with E-state index in [1.807, 2.05) is 6.92 Å². The highest BCUT2D eigenvalue weighted by Crippen LogP contribution is 2.24. The minimum atomic E-state index is -1.69. The molecular formula is C11H11NO5S. The maximum atomic E-state index is 11.9. The number of benzene rings is 1. The molecule has 0 aliphatic carbocycles. The quantitative estimate of drug-likeness (QED) is 0.465. The van der Waals surface area contributed by atoms with Gasteiger partial charge >= 0.3 is 0 Å². The van der Waals surface area contributed by atoms with E-state index in [2.05, 4.69) is 9.32 Å². The van der Waals surface area contributed by atoms with Crippen LogP contribution in [0.2, 0.25) is 0 Å². The molecule has 6 nitrogen and oxygen atoms in total. The zero-order valence-corrected chi connectivity index (χ0v) is 10.7. The summed E-state index contributed by atoms with van der Waals surface area (Å²) >= 11 is -1.69. The fourth-order valence-electron chi connectivity index (χ4n) is 1.51. The summed E-state index contributed by atoms with van der Waals surface area (Å²) in [6.45, 7) is 3.43. The fraction of sp³-hybridized carbons (Fsp3) is 0.273. The Morgan fingerprint density at radius 3 is 2.56 bits per heavy atom. The predicted molar refractivity (Wildman–Crippen MR) is 62.5 cm³/mol. The summed E-state index contributed by atoms with van der Waals surface area (Å²) in [6.07, 6.45) is 0. The number of hydrogen-bond acceptors (Lipinski definition) is 5. The molecule has 2 amide bonds. The van der Waals surface area contributed by atoms with Crippen LogP contribution >= 0.6 is 0 Å². The van der Waals surface area contributed by atoms with Crippen molar-refractivity contribution in [1.29, 1.82) is 0 Å². The van der Waals surface area contributed by atoms with Crippen molar-refractivity contribution in [2.24, 2.45) is 0 Å². The minimum absolute atomic E-state index is 0.197. The Labute approximate surface area is 106 Å². The van der Waals surface area contributed by atoms with Crippen molar-refractivity contribution in [2.45, 2.75) is 13.8 Å². The number of carbonyl (C=O) groups excluding carboxylic acids is 2. The Hall–Kier alpha value is -1.57. The summed E-state index contributed by atoms with van der Waals surface area (Å²) in [5.41, 5.74) is 1.36. The van der Waals surface area contributed by atoms with E-state index in [1.54, 1.807) is 25.1 Å². The third-order valence-corrected chi connectivity index (χ3v) is 3.11. The van der Waals surface area contributed by atoms with Gasteiger partial charge in [-0.2, -0.15) is 0 Å². The highest BCUT2D eigenvalue weighted by atomic mass is 32.2. The molecule has 2 rings (SSSR count). The van der Waals surface area contributed by atoms with E-state index in [4.69, 9.17) is 0 Å². The van der Waals surface area contributed by atoms with Gasteiger partial charge in [-0.15, -0.1) is 9.40 Å². The molecule has 0 saturated heterocycles. The number of rotatable bonds is 4. The van der Waals surface area contributed by atoms with Crippen molar-refractivity contribution in [1.82, 2.24) is 5.06 Å². The molecule has 1 aromatic rings. The van der Waals surface area contributed by atoms with Gasteiger partial charge < -0.3 is 0 Å². The number of aryl methyl sites for hydroxylation is 1. The average molecular weight is 269 g/mol. The van der Waals surface area contributed by atoms with E-state index < -0.39 is 22.9 Å². The lowest BCUT2D eigenvalue weighted by molar-refractivity contribution is -0.312. The zero-order valence-electron chi connectivity index (χ0n) is 9.84. The monoisotopic (exact) mass is 269 g/mol. The van der Waals surface area contributed by atoms with E-state index in [0.29, 0.717) is 5.06 Å². The van der Waals surface area contributed by atoms with Crippen molar-refractivity contribution in [3.8, 4) is 0 Å². The summed E-state index contributed by atoms with van der Waals surface area (Å²) in [7, 11) is 0. The van der Waals surface area contributed by atoms with E-state index in [9.17, 15) is 13.8 Å². The molecule has 1 aliphatic heterocycles. The Morgan fingerprint density at radius 2 is 1.89 bits per heavy atom. The second kappa shape index (κ2) is 4.97. The van der Waals surface area contributed by atoms with E-state index in [1.165, 1.54) is 0 Å². The molecule has 96 valence electrons. The minimum Gasteiger partial charge on any atom is -0.266 e. The van der Waals surface area contributed by atoms with Crippen LogP contribution in [0.15, 0.2) is 18.2 Å². The van der Waals surface area contributed by atoms with E-state index >= 15 is 0 Å². The Bertz CT molecular complexity index is 542. The molecule has 0 saturated carbocycles. The zero-order chi connectivity index (χ0) is 13.3. The summed E-state index contributed by atoms with van der Waals surface area (Å²) in [6, 6.07) is 4.86. The van der Waals surface area contributed by atoms with Crippen LogP contribution in [-0.2, 0) is 20.4 Å². The number of hydroxylamine groups is 2. The normalized spacial score (nSPS) is 16.0. The van der Waals surface area contributed by atoms with Crippen molar-refractivity contribution < 1.29 is 23.1 Å².